The lowest BCUT2D eigenvalue weighted by Crippen LogP contribution is -2.65. The molecule has 1 N–H and O–H groups in total. The van der Waals surface area contributed by atoms with Crippen LogP contribution in [0, 0.1) is 11.3 Å². The van der Waals surface area contributed by atoms with E-state index in [1.807, 2.05) is 12.1 Å². The number of fused-ring (bicyclic) bond motifs is 1. The highest BCUT2D eigenvalue weighted by molar-refractivity contribution is 5.27. The number of ether oxygens (including phenoxy) is 2. The Balaban J connectivity index is 1.60. The van der Waals surface area contributed by atoms with Gasteiger partial charge in [0.2, 0.25) is 0 Å². The predicted molar refractivity (Wildman–Crippen MR) is 75.2 cm³/mol. The molecule has 1 aliphatic carbocycles. The van der Waals surface area contributed by atoms with E-state index in [9.17, 15) is 0 Å². The molecule has 19 heavy (non-hydrogen) atoms. The van der Waals surface area contributed by atoms with Gasteiger partial charge in [0, 0.05) is 30.5 Å². The smallest absolute Gasteiger partial charge is 0.118 e. The lowest BCUT2D eigenvalue weighted by atomic mass is 9.57. The van der Waals surface area contributed by atoms with Gasteiger partial charge in [-0.2, -0.15) is 0 Å². The van der Waals surface area contributed by atoms with Crippen LogP contribution in [0.1, 0.15) is 25.8 Å². The number of methoxy groups -OCH3 is 1. The average Bonchev–Trinajstić information content (AvgIpc) is 2.86. The van der Waals surface area contributed by atoms with Gasteiger partial charge >= 0.3 is 0 Å². The molecule has 0 radical (unpaired) electrons. The van der Waals surface area contributed by atoms with E-state index in [-0.39, 0.29) is 5.41 Å². The zero-order valence-corrected chi connectivity index (χ0v) is 12.0. The van der Waals surface area contributed by atoms with E-state index in [0.29, 0.717) is 18.1 Å². The van der Waals surface area contributed by atoms with Gasteiger partial charge in [-0.3, -0.25) is 0 Å². The molecule has 3 nitrogen and oxygen atoms in total. The lowest BCUT2D eigenvalue weighted by Gasteiger charge is -2.55. The van der Waals surface area contributed by atoms with Gasteiger partial charge in [-0.05, 0) is 24.1 Å². The number of nitrogens with one attached hydrogen (secondary N) is 1. The van der Waals surface area contributed by atoms with Crippen LogP contribution in [-0.4, -0.2) is 25.9 Å². The minimum Gasteiger partial charge on any atom is -0.497 e. The van der Waals surface area contributed by atoms with Crippen LogP contribution in [0.25, 0.3) is 0 Å². The topological polar surface area (TPSA) is 30.5 Å². The monoisotopic (exact) mass is 261 g/mol. The Bertz CT molecular complexity index is 441. The van der Waals surface area contributed by atoms with E-state index in [1.54, 1.807) is 7.11 Å². The summed E-state index contributed by atoms with van der Waals surface area (Å²) in [5, 5.41) is 3.71. The summed E-state index contributed by atoms with van der Waals surface area (Å²) in [6.07, 6.45) is 1.66. The van der Waals surface area contributed by atoms with Crippen molar-refractivity contribution in [2.24, 2.45) is 11.3 Å². The molecule has 0 amide bonds. The summed E-state index contributed by atoms with van der Waals surface area (Å²) in [4.78, 5) is 0. The summed E-state index contributed by atoms with van der Waals surface area (Å²) in [6.45, 7) is 6.47. The van der Waals surface area contributed by atoms with Gasteiger partial charge in [0.1, 0.15) is 5.75 Å². The van der Waals surface area contributed by atoms with Gasteiger partial charge < -0.3 is 14.8 Å². The summed E-state index contributed by atoms with van der Waals surface area (Å²) >= 11 is 0. The minimum atomic E-state index is 0.258. The average molecular weight is 261 g/mol. The first-order valence-corrected chi connectivity index (χ1v) is 7.11. The molecular formula is C16H23NO2. The number of hydrogen-bond acceptors (Lipinski definition) is 3. The molecule has 1 aliphatic heterocycles. The van der Waals surface area contributed by atoms with Crippen molar-refractivity contribution in [1.29, 1.82) is 0 Å². The van der Waals surface area contributed by atoms with Crippen molar-refractivity contribution in [2.45, 2.75) is 39.0 Å². The van der Waals surface area contributed by atoms with Crippen LogP contribution in [0.15, 0.2) is 24.3 Å². The normalized spacial score (nSPS) is 31.6. The van der Waals surface area contributed by atoms with Gasteiger partial charge in [0.15, 0.2) is 0 Å². The second-order valence-corrected chi connectivity index (χ2v) is 6.27. The fraction of sp³-hybridized carbons (Fsp3) is 0.625. The van der Waals surface area contributed by atoms with E-state index < -0.39 is 0 Å². The zero-order chi connectivity index (χ0) is 13.5. The van der Waals surface area contributed by atoms with Gasteiger partial charge in [-0.25, -0.2) is 0 Å². The molecule has 1 aromatic carbocycles. The molecule has 104 valence electrons. The van der Waals surface area contributed by atoms with E-state index in [1.165, 1.54) is 12.0 Å². The van der Waals surface area contributed by atoms with Crippen LogP contribution in [0.3, 0.4) is 0 Å². The fourth-order valence-electron chi connectivity index (χ4n) is 3.71. The molecule has 3 unspecified atom stereocenters. The highest BCUT2D eigenvalue weighted by atomic mass is 16.5. The van der Waals surface area contributed by atoms with Crippen molar-refractivity contribution in [3.8, 4) is 5.75 Å². The number of hydrogen-bond donors (Lipinski definition) is 1. The molecule has 0 spiro atoms. The number of rotatable bonds is 4. The standard InChI is InChI=1S/C16H23NO2/c1-16(2)14(13-8-9-19-15(13)16)17-10-11-4-6-12(18-3)7-5-11/h4-7,13-15,17H,8-10H2,1-3H3. The van der Waals surface area contributed by atoms with Crippen LogP contribution >= 0.6 is 0 Å². The Kier molecular flexibility index (Phi) is 3.27. The molecule has 0 bridgehead atoms. The molecule has 2 aliphatic rings. The predicted octanol–water partition coefficient (Wildman–Crippen LogP) is 2.60. The highest BCUT2D eigenvalue weighted by Crippen LogP contribution is 2.52. The maximum Gasteiger partial charge on any atom is 0.118 e. The van der Waals surface area contributed by atoms with Crippen molar-refractivity contribution < 1.29 is 9.47 Å². The summed E-state index contributed by atoms with van der Waals surface area (Å²) in [5.74, 6) is 1.62. The molecular weight excluding hydrogens is 238 g/mol. The molecule has 3 atom stereocenters. The largest absolute Gasteiger partial charge is 0.497 e. The summed E-state index contributed by atoms with van der Waals surface area (Å²) in [5.41, 5.74) is 1.56. The Hall–Kier alpha value is -1.06. The SMILES string of the molecule is COc1ccc(CNC2C3CCOC3C2(C)C)cc1. The first-order valence-electron chi connectivity index (χ1n) is 7.11. The van der Waals surface area contributed by atoms with Crippen LogP contribution < -0.4 is 10.1 Å². The minimum absolute atomic E-state index is 0.258. The third-order valence-electron chi connectivity index (χ3n) is 4.79. The first-order chi connectivity index (χ1) is 9.13. The second kappa shape index (κ2) is 4.80. The molecule has 1 saturated heterocycles. The molecule has 1 heterocycles. The molecule has 1 saturated carbocycles. The first kappa shape index (κ1) is 12.9. The van der Waals surface area contributed by atoms with Crippen molar-refractivity contribution in [3.63, 3.8) is 0 Å². The van der Waals surface area contributed by atoms with Crippen molar-refractivity contribution in [3.05, 3.63) is 29.8 Å². The quantitative estimate of drug-likeness (QED) is 0.903. The summed E-state index contributed by atoms with van der Waals surface area (Å²) < 4.78 is 11.0. The third kappa shape index (κ3) is 2.15. The van der Waals surface area contributed by atoms with Crippen molar-refractivity contribution in [2.75, 3.05) is 13.7 Å². The van der Waals surface area contributed by atoms with Crippen LogP contribution in [0.4, 0.5) is 0 Å². The van der Waals surface area contributed by atoms with Crippen molar-refractivity contribution >= 4 is 0 Å². The number of benzene rings is 1. The van der Waals surface area contributed by atoms with Crippen LogP contribution in [0.5, 0.6) is 5.75 Å². The molecule has 0 aromatic heterocycles. The maximum absolute atomic E-state index is 5.82. The second-order valence-electron chi connectivity index (χ2n) is 6.27. The summed E-state index contributed by atoms with van der Waals surface area (Å²) in [6, 6.07) is 8.86. The Morgan fingerprint density at radius 2 is 2.05 bits per heavy atom. The zero-order valence-electron chi connectivity index (χ0n) is 12.0. The highest BCUT2D eigenvalue weighted by Gasteiger charge is 2.58. The molecule has 3 rings (SSSR count). The lowest BCUT2D eigenvalue weighted by molar-refractivity contribution is -0.113. The van der Waals surface area contributed by atoms with Crippen LogP contribution in [0.2, 0.25) is 0 Å². The van der Waals surface area contributed by atoms with E-state index in [4.69, 9.17) is 9.47 Å². The maximum atomic E-state index is 5.82. The fourth-order valence-corrected chi connectivity index (χ4v) is 3.71. The van der Waals surface area contributed by atoms with E-state index in [2.05, 4.69) is 31.3 Å². The van der Waals surface area contributed by atoms with Crippen molar-refractivity contribution in [1.82, 2.24) is 5.32 Å². The Labute approximate surface area is 115 Å². The third-order valence-corrected chi connectivity index (χ3v) is 4.79. The van der Waals surface area contributed by atoms with Crippen LogP contribution in [-0.2, 0) is 11.3 Å². The van der Waals surface area contributed by atoms with Gasteiger partial charge in [-0.15, -0.1) is 0 Å². The molecule has 3 heteroatoms. The summed E-state index contributed by atoms with van der Waals surface area (Å²) in [7, 11) is 1.70. The molecule has 1 aromatic rings. The Morgan fingerprint density at radius 1 is 1.32 bits per heavy atom. The van der Waals surface area contributed by atoms with E-state index >= 15 is 0 Å². The van der Waals surface area contributed by atoms with Gasteiger partial charge in [0.25, 0.3) is 0 Å². The van der Waals surface area contributed by atoms with Gasteiger partial charge in [0.05, 0.1) is 13.2 Å². The molecule has 2 fully saturated rings. The van der Waals surface area contributed by atoms with E-state index in [0.717, 1.165) is 18.9 Å². The Morgan fingerprint density at radius 3 is 2.74 bits per heavy atom. The van der Waals surface area contributed by atoms with Gasteiger partial charge in [-0.1, -0.05) is 26.0 Å².